The van der Waals surface area contributed by atoms with Gasteiger partial charge < -0.3 is 10.5 Å². The second-order valence-corrected chi connectivity index (χ2v) is 6.78. The van der Waals surface area contributed by atoms with Gasteiger partial charge in [0, 0.05) is 19.1 Å². The molecule has 0 unspecified atom stereocenters. The molecule has 2 rings (SSSR count). The number of nitrogens with zero attached hydrogens (tertiary/aromatic N) is 1. The van der Waals surface area contributed by atoms with E-state index in [0.29, 0.717) is 42.1 Å². The van der Waals surface area contributed by atoms with Crippen molar-refractivity contribution in [1.29, 1.82) is 0 Å². The molecule has 114 valence electrons. The first kappa shape index (κ1) is 17.2. The largest absolute Gasteiger partial charge is 0.497 e. The highest BCUT2D eigenvalue weighted by Gasteiger charge is 2.29. The molecule has 0 saturated carbocycles. The summed E-state index contributed by atoms with van der Waals surface area (Å²) in [5.74, 6) is 0.664. The Morgan fingerprint density at radius 3 is 2.40 bits per heavy atom. The molecule has 0 aliphatic carbocycles. The van der Waals surface area contributed by atoms with E-state index in [1.54, 1.807) is 32.2 Å². The number of piperidine rings is 1. The van der Waals surface area contributed by atoms with E-state index in [1.807, 2.05) is 0 Å². The van der Waals surface area contributed by atoms with Gasteiger partial charge in [0.05, 0.1) is 12.0 Å². The van der Waals surface area contributed by atoms with Gasteiger partial charge in [-0.15, -0.1) is 12.4 Å². The van der Waals surface area contributed by atoms with Crippen molar-refractivity contribution in [3.05, 3.63) is 23.8 Å². The van der Waals surface area contributed by atoms with Crippen molar-refractivity contribution in [2.24, 2.45) is 5.73 Å². The molecule has 1 aliphatic rings. The average Bonchev–Trinajstić information content (AvgIpc) is 2.38. The zero-order valence-electron chi connectivity index (χ0n) is 11.7. The summed E-state index contributed by atoms with van der Waals surface area (Å²) in [7, 11) is -1.85. The van der Waals surface area contributed by atoms with Gasteiger partial charge in [0.1, 0.15) is 5.75 Å². The molecule has 1 fully saturated rings. The van der Waals surface area contributed by atoms with Gasteiger partial charge in [-0.1, -0.05) is 0 Å². The van der Waals surface area contributed by atoms with Crippen LogP contribution in [0.4, 0.5) is 0 Å². The summed E-state index contributed by atoms with van der Waals surface area (Å²) in [4.78, 5) is 0.351. The van der Waals surface area contributed by atoms with E-state index >= 15 is 0 Å². The van der Waals surface area contributed by atoms with E-state index in [2.05, 4.69) is 0 Å². The van der Waals surface area contributed by atoms with Crippen LogP contribution < -0.4 is 10.5 Å². The van der Waals surface area contributed by atoms with Gasteiger partial charge in [-0.3, -0.25) is 0 Å². The van der Waals surface area contributed by atoms with Gasteiger partial charge in [0.15, 0.2) is 0 Å². The molecule has 1 aliphatic heterocycles. The van der Waals surface area contributed by atoms with E-state index in [9.17, 15) is 8.42 Å². The standard InChI is InChI=1S/C13H20N2O3S.ClH/c1-10-9-12(18-2)3-4-13(10)19(16,17)15-7-5-11(14)6-8-15;/h3-4,9,11H,5-8,14H2,1-2H3;1H. The SMILES string of the molecule is COc1ccc(S(=O)(=O)N2CCC(N)CC2)c(C)c1.Cl. The molecule has 1 aromatic rings. The number of aryl methyl sites for hydroxylation is 1. The topological polar surface area (TPSA) is 72.6 Å². The number of ether oxygens (including phenoxy) is 1. The first-order valence-electron chi connectivity index (χ1n) is 6.35. The Bertz CT molecular complexity index is 555. The van der Waals surface area contributed by atoms with E-state index < -0.39 is 10.0 Å². The normalized spacial score (nSPS) is 17.6. The van der Waals surface area contributed by atoms with Crippen molar-refractivity contribution in [2.45, 2.75) is 30.7 Å². The maximum Gasteiger partial charge on any atom is 0.243 e. The van der Waals surface area contributed by atoms with Crippen molar-refractivity contribution in [3.63, 3.8) is 0 Å². The zero-order chi connectivity index (χ0) is 14.0. The fraction of sp³-hybridized carbons (Fsp3) is 0.538. The summed E-state index contributed by atoms with van der Waals surface area (Å²) < 4.78 is 31.7. The highest BCUT2D eigenvalue weighted by atomic mass is 35.5. The van der Waals surface area contributed by atoms with Crippen LogP contribution in [0, 0.1) is 6.92 Å². The van der Waals surface area contributed by atoms with Crippen LogP contribution in [0.2, 0.25) is 0 Å². The number of rotatable bonds is 3. The van der Waals surface area contributed by atoms with Crippen LogP contribution in [0.1, 0.15) is 18.4 Å². The molecule has 7 heteroatoms. The van der Waals surface area contributed by atoms with Crippen LogP contribution >= 0.6 is 12.4 Å². The number of benzene rings is 1. The van der Waals surface area contributed by atoms with Gasteiger partial charge in [-0.25, -0.2) is 8.42 Å². The van der Waals surface area contributed by atoms with E-state index in [1.165, 1.54) is 4.31 Å². The van der Waals surface area contributed by atoms with Gasteiger partial charge >= 0.3 is 0 Å². The summed E-state index contributed by atoms with van der Waals surface area (Å²) in [6, 6.07) is 5.14. The lowest BCUT2D eigenvalue weighted by atomic mass is 10.1. The van der Waals surface area contributed by atoms with Crippen LogP contribution in [-0.2, 0) is 10.0 Å². The summed E-state index contributed by atoms with van der Waals surface area (Å²) >= 11 is 0. The third-order valence-corrected chi connectivity index (χ3v) is 5.56. The molecule has 2 N–H and O–H groups in total. The highest BCUT2D eigenvalue weighted by molar-refractivity contribution is 7.89. The predicted molar refractivity (Wildman–Crippen MR) is 80.9 cm³/mol. The van der Waals surface area contributed by atoms with Crippen LogP contribution in [0.25, 0.3) is 0 Å². The molecule has 0 spiro atoms. The van der Waals surface area contributed by atoms with Gasteiger partial charge in [-0.05, 0) is 43.5 Å². The molecule has 0 radical (unpaired) electrons. The maximum atomic E-state index is 12.6. The zero-order valence-corrected chi connectivity index (χ0v) is 13.3. The van der Waals surface area contributed by atoms with Gasteiger partial charge in [0.25, 0.3) is 0 Å². The Hall–Kier alpha value is -0.820. The fourth-order valence-electron chi connectivity index (χ4n) is 2.29. The number of hydrogen-bond donors (Lipinski definition) is 1. The molecule has 5 nitrogen and oxygen atoms in total. The minimum absolute atomic E-state index is 0. The van der Waals surface area contributed by atoms with Crippen molar-refractivity contribution >= 4 is 22.4 Å². The number of halogens is 1. The first-order chi connectivity index (χ1) is 8.95. The summed E-state index contributed by atoms with van der Waals surface area (Å²) in [6.07, 6.45) is 1.43. The molecule has 0 aromatic heterocycles. The first-order valence-corrected chi connectivity index (χ1v) is 7.79. The molecular weight excluding hydrogens is 300 g/mol. The lowest BCUT2D eigenvalue weighted by molar-refractivity contribution is 0.320. The van der Waals surface area contributed by atoms with Crippen molar-refractivity contribution in [3.8, 4) is 5.75 Å². The molecular formula is C13H21ClN2O3S. The van der Waals surface area contributed by atoms with Crippen molar-refractivity contribution in [2.75, 3.05) is 20.2 Å². The quantitative estimate of drug-likeness (QED) is 0.917. The Morgan fingerprint density at radius 2 is 1.90 bits per heavy atom. The second-order valence-electron chi connectivity index (χ2n) is 4.87. The molecule has 0 bridgehead atoms. The minimum atomic E-state index is -3.42. The smallest absolute Gasteiger partial charge is 0.243 e. The lowest BCUT2D eigenvalue weighted by Crippen LogP contribution is -2.42. The maximum absolute atomic E-state index is 12.6. The molecule has 1 heterocycles. The Labute approximate surface area is 126 Å². The number of methoxy groups -OCH3 is 1. The van der Waals surface area contributed by atoms with E-state index in [0.717, 1.165) is 0 Å². The van der Waals surface area contributed by atoms with Gasteiger partial charge in [-0.2, -0.15) is 4.31 Å². The average molecular weight is 321 g/mol. The van der Waals surface area contributed by atoms with E-state index in [-0.39, 0.29) is 18.4 Å². The Balaban J connectivity index is 0.00000200. The fourth-order valence-corrected chi connectivity index (χ4v) is 3.97. The van der Waals surface area contributed by atoms with Crippen molar-refractivity contribution < 1.29 is 13.2 Å². The van der Waals surface area contributed by atoms with Crippen LogP contribution in [0.5, 0.6) is 5.75 Å². The number of sulfonamides is 1. The number of hydrogen-bond acceptors (Lipinski definition) is 4. The number of nitrogens with two attached hydrogens (primary N) is 1. The van der Waals surface area contributed by atoms with Crippen molar-refractivity contribution in [1.82, 2.24) is 4.31 Å². The Kier molecular flexibility index (Phi) is 5.82. The summed E-state index contributed by atoms with van der Waals surface area (Å²) in [5.41, 5.74) is 6.51. The van der Waals surface area contributed by atoms with Crippen LogP contribution in [0.15, 0.2) is 23.1 Å². The molecule has 1 saturated heterocycles. The molecule has 20 heavy (non-hydrogen) atoms. The predicted octanol–water partition coefficient (Wildman–Crippen LogP) is 1.54. The lowest BCUT2D eigenvalue weighted by Gasteiger charge is -2.29. The summed E-state index contributed by atoms with van der Waals surface area (Å²) in [6.45, 7) is 2.77. The molecule has 1 aromatic carbocycles. The Morgan fingerprint density at radius 1 is 1.30 bits per heavy atom. The molecule has 0 atom stereocenters. The minimum Gasteiger partial charge on any atom is -0.497 e. The molecule has 0 amide bonds. The monoisotopic (exact) mass is 320 g/mol. The van der Waals surface area contributed by atoms with Gasteiger partial charge in [0.2, 0.25) is 10.0 Å². The second kappa shape index (κ2) is 6.76. The van der Waals surface area contributed by atoms with E-state index in [4.69, 9.17) is 10.5 Å². The third kappa shape index (κ3) is 3.44. The van der Waals surface area contributed by atoms with Crippen LogP contribution in [-0.4, -0.2) is 39.0 Å². The highest BCUT2D eigenvalue weighted by Crippen LogP contribution is 2.25. The third-order valence-electron chi connectivity index (χ3n) is 3.50. The summed E-state index contributed by atoms with van der Waals surface area (Å²) in [5, 5.41) is 0. The van der Waals surface area contributed by atoms with Crippen LogP contribution in [0.3, 0.4) is 0 Å².